The zero-order chi connectivity index (χ0) is 14.4. The van der Waals surface area contributed by atoms with Gasteiger partial charge in [-0.3, -0.25) is 0 Å². The Morgan fingerprint density at radius 2 is 2.00 bits per heavy atom. The van der Waals surface area contributed by atoms with Crippen LogP contribution in [0.4, 0.5) is 5.95 Å². The minimum absolute atomic E-state index is 0.790. The second-order valence-electron chi connectivity index (χ2n) is 6.09. The van der Waals surface area contributed by atoms with Crippen molar-refractivity contribution in [1.29, 1.82) is 0 Å². The molecule has 0 aromatic carbocycles. The van der Waals surface area contributed by atoms with Gasteiger partial charge < -0.3 is 10.2 Å². The Bertz CT molecular complexity index is 388. The number of nitrogens with one attached hydrogen (secondary N) is 1. The normalized spacial score (nSPS) is 20.2. The van der Waals surface area contributed by atoms with Crippen molar-refractivity contribution >= 4 is 5.95 Å². The molecule has 2 heterocycles. The zero-order valence-electron chi connectivity index (χ0n) is 13.1. The number of anilines is 1. The molecule has 0 saturated carbocycles. The lowest BCUT2D eigenvalue weighted by molar-refractivity contribution is 0.351. The molecule has 1 unspecified atom stereocenters. The first-order chi connectivity index (χ1) is 9.70. The average molecular weight is 276 g/mol. The first-order valence-corrected chi connectivity index (χ1v) is 7.97. The zero-order valence-corrected chi connectivity index (χ0v) is 13.1. The van der Waals surface area contributed by atoms with Gasteiger partial charge in [-0.25, -0.2) is 9.97 Å². The SMILES string of the molecule is CCNCc1cnc(N2CCCC(C(C)C)CC2)nc1. The molecule has 20 heavy (non-hydrogen) atoms. The van der Waals surface area contributed by atoms with Crippen molar-refractivity contribution in [3.8, 4) is 0 Å². The Balaban J connectivity index is 1.94. The van der Waals surface area contributed by atoms with E-state index >= 15 is 0 Å². The van der Waals surface area contributed by atoms with Crippen molar-refractivity contribution in [1.82, 2.24) is 15.3 Å². The van der Waals surface area contributed by atoms with E-state index in [0.717, 1.165) is 49.5 Å². The third-order valence-electron chi connectivity index (χ3n) is 4.27. The van der Waals surface area contributed by atoms with Gasteiger partial charge in [-0.1, -0.05) is 20.8 Å². The predicted molar refractivity (Wildman–Crippen MR) is 83.8 cm³/mol. The molecule has 1 aromatic rings. The van der Waals surface area contributed by atoms with Gasteiger partial charge in [0, 0.05) is 37.6 Å². The van der Waals surface area contributed by atoms with Crippen LogP contribution in [0.1, 0.15) is 45.6 Å². The van der Waals surface area contributed by atoms with Crippen LogP contribution in [0.3, 0.4) is 0 Å². The van der Waals surface area contributed by atoms with E-state index in [4.69, 9.17) is 0 Å². The van der Waals surface area contributed by atoms with Gasteiger partial charge in [0.1, 0.15) is 0 Å². The Morgan fingerprint density at radius 3 is 2.65 bits per heavy atom. The summed E-state index contributed by atoms with van der Waals surface area (Å²) in [6.45, 7) is 10.8. The molecule has 1 saturated heterocycles. The van der Waals surface area contributed by atoms with Crippen LogP contribution < -0.4 is 10.2 Å². The molecular formula is C16H28N4. The highest BCUT2D eigenvalue weighted by Gasteiger charge is 2.20. The summed E-state index contributed by atoms with van der Waals surface area (Å²) in [5.41, 5.74) is 1.16. The van der Waals surface area contributed by atoms with Crippen LogP contribution in [0.2, 0.25) is 0 Å². The smallest absolute Gasteiger partial charge is 0.225 e. The first-order valence-electron chi connectivity index (χ1n) is 7.97. The van der Waals surface area contributed by atoms with Gasteiger partial charge in [-0.05, 0) is 37.6 Å². The maximum Gasteiger partial charge on any atom is 0.225 e. The molecule has 0 amide bonds. The fourth-order valence-electron chi connectivity index (χ4n) is 2.86. The molecule has 2 rings (SSSR count). The Hall–Kier alpha value is -1.16. The summed E-state index contributed by atoms with van der Waals surface area (Å²) < 4.78 is 0. The van der Waals surface area contributed by atoms with Crippen LogP contribution in [0.5, 0.6) is 0 Å². The Morgan fingerprint density at radius 1 is 1.25 bits per heavy atom. The number of rotatable bonds is 5. The molecular weight excluding hydrogens is 248 g/mol. The highest BCUT2D eigenvalue weighted by atomic mass is 15.2. The minimum atomic E-state index is 0.790. The van der Waals surface area contributed by atoms with E-state index in [1.54, 1.807) is 0 Å². The van der Waals surface area contributed by atoms with Gasteiger partial charge >= 0.3 is 0 Å². The van der Waals surface area contributed by atoms with Crippen molar-refractivity contribution < 1.29 is 0 Å². The quantitative estimate of drug-likeness (QED) is 0.898. The Labute approximate surface area is 123 Å². The number of nitrogens with zero attached hydrogens (tertiary/aromatic N) is 3. The predicted octanol–water partition coefficient (Wildman–Crippen LogP) is 2.85. The van der Waals surface area contributed by atoms with E-state index in [-0.39, 0.29) is 0 Å². The van der Waals surface area contributed by atoms with E-state index in [1.165, 1.54) is 19.3 Å². The maximum atomic E-state index is 4.54. The molecule has 112 valence electrons. The lowest BCUT2D eigenvalue weighted by Gasteiger charge is -2.21. The molecule has 1 fully saturated rings. The van der Waals surface area contributed by atoms with Crippen LogP contribution in [-0.4, -0.2) is 29.6 Å². The van der Waals surface area contributed by atoms with Gasteiger partial charge in [0.2, 0.25) is 5.95 Å². The summed E-state index contributed by atoms with van der Waals surface area (Å²) in [5.74, 6) is 2.54. The van der Waals surface area contributed by atoms with Gasteiger partial charge in [0.15, 0.2) is 0 Å². The minimum Gasteiger partial charge on any atom is -0.341 e. The van der Waals surface area contributed by atoms with Crippen molar-refractivity contribution in [2.45, 2.75) is 46.6 Å². The lowest BCUT2D eigenvalue weighted by atomic mass is 9.89. The van der Waals surface area contributed by atoms with Gasteiger partial charge in [-0.15, -0.1) is 0 Å². The molecule has 1 aliphatic rings. The van der Waals surface area contributed by atoms with Crippen LogP contribution in [-0.2, 0) is 6.54 Å². The summed E-state index contributed by atoms with van der Waals surface area (Å²) in [5, 5.41) is 3.30. The number of aromatic nitrogens is 2. The third kappa shape index (κ3) is 4.17. The molecule has 4 heteroatoms. The maximum absolute atomic E-state index is 4.54. The van der Waals surface area contributed by atoms with E-state index in [2.05, 4.69) is 41.0 Å². The van der Waals surface area contributed by atoms with E-state index in [0.29, 0.717) is 0 Å². The van der Waals surface area contributed by atoms with Crippen molar-refractivity contribution in [2.75, 3.05) is 24.5 Å². The number of hydrogen-bond donors (Lipinski definition) is 1. The average Bonchev–Trinajstić information content (AvgIpc) is 2.71. The summed E-state index contributed by atoms with van der Waals surface area (Å²) in [7, 11) is 0. The van der Waals surface area contributed by atoms with Crippen molar-refractivity contribution in [2.24, 2.45) is 11.8 Å². The Kier molecular flexibility index (Phi) is 5.77. The summed E-state index contributed by atoms with van der Waals surface area (Å²) in [4.78, 5) is 11.4. The monoisotopic (exact) mass is 276 g/mol. The molecule has 0 bridgehead atoms. The molecule has 1 aromatic heterocycles. The largest absolute Gasteiger partial charge is 0.341 e. The van der Waals surface area contributed by atoms with Crippen LogP contribution in [0.15, 0.2) is 12.4 Å². The first kappa shape index (κ1) is 15.2. The van der Waals surface area contributed by atoms with Crippen LogP contribution in [0, 0.1) is 11.8 Å². The molecule has 1 N–H and O–H groups in total. The topological polar surface area (TPSA) is 41.1 Å². The van der Waals surface area contributed by atoms with Crippen molar-refractivity contribution in [3.05, 3.63) is 18.0 Å². The van der Waals surface area contributed by atoms with Gasteiger partial charge in [-0.2, -0.15) is 0 Å². The molecule has 0 radical (unpaired) electrons. The van der Waals surface area contributed by atoms with Gasteiger partial charge in [0.25, 0.3) is 0 Å². The third-order valence-corrected chi connectivity index (χ3v) is 4.27. The molecule has 1 aliphatic heterocycles. The van der Waals surface area contributed by atoms with E-state index < -0.39 is 0 Å². The van der Waals surface area contributed by atoms with E-state index in [9.17, 15) is 0 Å². The van der Waals surface area contributed by atoms with Crippen molar-refractivity contribution in [3.63, 3.8) is 0 Å². The fraction of sp³-hybridized carbons (Fsp3) is 0.750. The molecule has 4 nitrogen and oxygen atoms in total. The summed E-state index contributed by atoms with van der Waals surface area (Å²) >= 11 is 0. The molecule has 0 spiro atoms. The number of hydrogen-bond acceptors (Lipinski definition) is 4. The standard InChI is InChI=1S/C16H28N4/c1-4-17-10-14-11-18-16(19-12-14)20-8-5-6-15(7-9-20)13(2)3/h11-13,15,17H,4-10H2,1-3H3. The molecule has 0 aliphatic carbocycles. The summed E-state index contributed by atoms with van der Waals surface area (Å²) in [6.07, 6.45) is 7.77. The van der Waals surface area contributed by atoms with Crippen LogP contribution >= 0.6 is 0 Å². The fourth-order valence-corrected chi connectivity index (χ4v) is 2.86. The lowest BCUT2D eigenvalue weighted by Crippen LogP contribution is -2.26. The van der Waals surface area contributed by atoms with E-state index in [1.807, 2.05) is 12.4 Å². The van der Waals surface area contributed by atoms with Gasteiger partial charge in [0.05, 0.1) is 0 Å². The highest BCUT2D eigenvalue weighted by molar-refractivity contribution is 5.30. The molecule has 1 atom stereocenters. The second kappa shape index (κ2) is 7.58. The summed E-state index contributed by atoms with van der Waals surface area (Å²) in [6, 6.07) is 0. The second-order valence-corrected chi connectivity index (χ2v) is 6.09. The highest BCUT2D eigenvalue weighted by Crippen LogP contribution is 2.25. The van der Waals surface area contributed by atoms with Crippen LogP contribution in [0.25, 0.3) is 0 Å².